The Morgan fingerprint density at radius 1 is 0.562 bits per heavy atom. The molecule has 0 N–H and O–H groups in total. The quantitative estimate of drug-likeness (QED) is 0.108. The molecule has 0 aliphatic rings. The van der Waals surface area contributed by atoms with Crippen LogP contribution >= 0.6 is 0 Å². The van der Waals surface area contributed by atoms with Crippen molar-refractivity contribution in [2.45, 2.75) is 45.1 Å². The number of benzene rings is 6. The summed E-state index contributed by atoms with van der Waals surface area (Å²) in [4.78, 5) is 13.1. The number of rotatable bonds is 13. The zero-order valence-corrected chi connectivity index (χ0v) is 35.9. The van der Waals surface area contributed by atoms with Gasteiger partial charge in [-0.05, 0) is 113 Å². The number of hydrogen-bond donors (Lipinski definition) is 0. The Hall–Kier alpha value is -6.85. The van der Waals surface area contributed by atoms with E-state index in [-0.39, 0.29) is 59.2 Å². The van der Waals surface area contributed by atoms with Crippen LogP contribution in [0, 0.1) is 30.9 Å². The first-order valence-electron chi connectivity index (χ1n) is 27.8. The van der Waals surface area contributed by atoms with E-state index < -0.39 is 84.8 Å². The van der Waals surface area contributed by atoms with Gasteiger partial charge in [0.05, 0.1) is 12.5 Å². The Morgan fingerprint density at radius 2 is 1.14 bits per heavy atom. The average Bonchev–Trinajstić information content (AvgIpc) is 3.97. The minimum absolute atomic E-state index is 0. The van der Waals surface area contributed by atoms with Gasteiger partial charge in [0, 0.05) is 44.5 Å². The second kappa shape index (κ2) is 19.3. The summed E-state index contributed by atoms with van der Waals surface area (Å²) in [6.07, 6.45) is -16.4. The second-order valence-electron chi connectivity index (χ2n) is 14.4. The van der Waals surface area contributed by atoms with E-state index in [0.717, 1.165) is 42.9 Å². The van der Waals surface area contributed by atoms with Crippen molar-refractivity contribution >= 4 is 21.9 Å². The molecule has 6 aromatic carbocycles. The van der Waals surface area contributed by atoms with Crippen LogP contribution in [-0.4, -0.2) is 15.0 Å². The van der Waals surface area contributed by atoms with E-state index in [9.17, 15) is 16.4 Å². The zero-order valence-electron chi connectivity index (χ0n) is 49.5. The largest absolute Gasteiger partial charge is 3.00 e. The first-order chi connectivity index (χ1) is 37.2. The molecular formula is C58H43FIrN3O. The van der Waals surface area contributed by atoms with Crippen molar-refractivity contribution < 1.29 is 50.8 Å². The van der Waals surface area contributed by atoms with E-state index in [1.165, 1.54) is 36.4 Å². The van der Waals surface area contributed by atoms with Gasteiger partial charge < -0.3 is 19.4 Å². The van der Waals surface area contributed by atoms with Gasteiger partial charge in [-0.25, -0.2) is 4.39 Å². The Bertz CT molecular complexity index is 3790. The maximum Gasteiger partial charge on any atom is 3.00 e. The van der Waals surface area contributed by atoms with Crippen LogP contribution in [0.25, 0.3) is 66.8 Å². The fraction of sp³-hybridized carbons (Fsp3) is 0.121. The van der Waals surface area contributed by atoms with Gasteiger partial charge >= 0.3 is 20.1 Å². The van der Waals surface area contributed by atoms with Crippen LogP contribution in [0.3, 0.4) is 0 Å². The van der Waals surface area contributed by atoms with Gasteiger partial charge in [0.2, 0.25) is 0 Å². The molecule has 64 heavy (non-hydrogen) atoms. The molecule has 10 aromatic rings. The van der Waals surface area contributed by atoms with Gasteiger partial charge in [-0.2, -0.15) is 0 Å². The monoisotopic (exact) mass is 1030 g/mol. The van der Waals surface area contributed by atoms with E-state index >= 15 is 4.39 Å². The maximum absolute atomic E-state index is 15.8. The molecule has 4 heterocycles. The van der Waals surface area contributed by atoms with Crippen molar-refractivity contribution in [1.82, 2.24) is 15.0 Å². The number of furan rings is 1. The standard InChI is InChI=1S/C58H43FN3O.Ir/c1-39-32-55(51-19-11-18-49-50-28-29-52(59)56(58(50)63-57(49)51)47-16-9-4-10-17-47)62-38-48(39)27-24-44-34-42(22-20-40-25-30-53(60-36-40)45-12-5-2-6-13-45)33-43(35-44)23-21-41-26-31-54(61-37-41)46-14-7-3-8-15-46;/h2-12,14,16-18,25-26,28-38H,20-24,27H2,1H3;/q-3;+3/i1D3,20D2,21D2,22D2,23D2,24D2,27D2,29D;. The molecule has 0 aliphatic heterocycles. The van der Waals surface area contributed by atoms with Crippen molar-refractivity contribution in [3.63, 3.8) is 0 Å². The zero-order chi connectivity index (χ0) is 56.7. The molecule has 0 amide bonds. The third-order valence-corrected chi connectivity index (χ3v) is 10.2. The number of halogens is 1. The Balaban J connectivity index is 0.00000774. The molecule has 0 unspecified atom stereocenters. The molecule has 0 saturated carbocycles. The Kier molecular flexibility index (Phi) is 8.24. The first-order valence-corrected chi connectivity index (χ1v) is 19.8. The molecule has 0 spiro atoms. The van der Waals surface area contributed by atoms with Gasteiger partial charge in [-0.1, -0.05) is 95.4 Å². The SMILES string of the molecule is [2H]c1cc2c(oc3c(-c4cc(C([2H])([2H])[2H])c(C([2H])([2H])C([2H])([2H])c5cc(C([2H])([2H])C([2H])([2H])c6ccc(-c7[c-]cccc7)nc6)cc(C([2H])([2H])C([2H])([2H])c6ccc(-c7[c-]cccc7)nc6)c5)cn4)[c-]ccc32)c(-c2ccccc2)c1F.[Ir+3]. The first kappa shape index (κ1) is 27.4. The van der Waals surface area contributed by atoms with Gasteiger partial charge in [0.25, 0.3) is 0 Å². The fourth-order valence-corrected chi connectivity index (χ4v) is 7.09. The summed E-state index contributed by atoms with van der Waals surface area (Å²) < 4.78 is 170. The minimum atomic E-state index is -3.46. The molecular weight excluding hydrogens is 966 g/mol. The van der Waals surface area contributed by atoms with E-state index in [1.54, 1.807) is 84.9 Å². The molecule has 0 aliphatic carbocycles. The van der Waals surface area contributed by atoms with Gasteiger partial charge in [-0.3, -0.25) is 0 Å². The van der Waals surface area contributed by atoms with Crippen LogP contribution in [0.2, 0.25) is 0 Å². The number of aryl methyl sites for hydroxylation is 7. The third-order valence-electron chi connectivity index (χ3n) is 10.2. The molecule has 0 bridgehead atoms. The summed E-state index contributed by atoms with van der Waals surface area (Å²) in [6, 6.07) is 44.3. The van der Waals surface area contributed by atoms with Crippen LogP contribution in [0.4, 0.5) is 4.39 Å². The summed E-state index contributed by atoms with van der Waals surface area (Å²) in [5, 5.41) is 0.752. The maximum atomic E-state index is 15.8. The van der Waals surface area contributed by atoms with Crippen molar-refractivity contribution in [3.05, 3.63) is 233 Å². The van der Waals surface area contributed by atoms with E-state index in [1.807, 2.05) is 0 Å². The molecule has 4 aromatic heterocycles. The van der Waals surface area contributed by atoms with E-state index in [2.05, 4.69) is 33.2 Å². The summed E-state index contributed by atoms with van der Waals surface area (Å²) in [6.45, 7) is -3.18. The summed E-state index contributed by atoms with van der Waals surface area (Å²) in [5.74, 6) is -0.843. The molecule has 0 radical (unpaired) electrons. The van der Waals surface area contributed by atoms with Crippen molar-refractivity contribution in [1.29, 1.82) is 0 Å². The molecule has 0 saturated heterocycles. The topological polar surface area (TPSA) is 51.8 Å². The van der Waals surface area contributed by atoms with Crippen LogP contribution in [0.1, 0.15) is 60.9 Å². The molecule has 0 fully saturated rings. The smallest absolute Gasteiger partial charge is 0.500 e. The number of aromatic nitrogens is 3. The normalized spacial score (nSPS) is 16.5. The van der Waals surface area contributed by atoms with E-state index in [0.29, 0.717) is 38.9 Å². The van der Waals surface area contributed by atoms with Gasteiger partial charge in [0.15, 0.2) is 0 Å². The number of hydrogen-bond acceptors (Lipinski definition) is 4. The Morgan fingerprint density at radius 3 is 1.72 bits per heavy atom. The molecule has 6 heteroatoms. The van der Waals surface area contributed by atoms with Crippen molar-refractivity contribution in [3.8, 4) is 44.9 Å². The summed E-state index contributed by atoms with van der Waals surface area (Å²) >= 11 is 0. The molecule has 0 atom stereocenters. The number of fused-ring (bicyclic) bond motifs is 3. The van der Waals surface area contributed by atoms with Crippen LogP contribution < -0.4 is 0 Å². The van der Waals surface area contributed by atoms with Crippen molar-refractivity contribution in [2.75, 3.05) is 0 Å². The number of pyridine rings is 3. The van der Waals surface area contributed by atoms with Crippen LogP contribution in [-0.2, 0) is 58.3 Å². The molecule has 4 nitrogen and oxygen atoms in total. The minimum Gasteiger partial charge on any atom is -0.500 e. The van der Waals surface area contributed by atoms with Crippen LogP contribution in [0.5, 0.6) is 0 Å². The predicted molar refractivity (Wildman–Crippen MR) is 252 cm³/mol. The number of nitrogens with zero attached hydrogens (tertiary/aromatic N) is 3. The van der Waals surface area contributed by atoms with Crippen LogP contribution in [0.15, 0.2) is 175 Å². The molecule has 312 valence electrons. The van der Waals surface area contributed by atoms with E-state index in [4.69, 9.17) is 9.90 Å². The fourth-order valence-electron chi connectivity index (χ4n) is 7.09. The third kappa shape index (κ3) is 9.26. The average molecular weight is 1030 g/mol. The Labute approximate surface area is 409 Å². The molecule has 10 rings (SSSR count). The summed E-state index contributed by atoms with van der Waals surface area (Å²) in [7, 11) is 0. The predicted octanol–water partition coefficient (Wildman–Crippen LogP) is 13.6. The second-order valence-corrected chi connectivity index (χ2v) is 14.4. The van der Waals surface area contributed by atoms with Gasteiger partial charge in [-0.15, -0.1) is 90.0 Å². The van der Waals surface area contributed by atoms with Crippen molar-refractivity contribution in [2.24, 2.45) is 0 Å². The summed E-state index contributed by atoms with van der Waals surface area (Å²) in [5.41, 5.74) is -1.87. The van der Waals surface area contributed by atoms with Gasteiger partial charge in [0.1, 0.15) is 11.4 Å².